The second-order valence-corrected chi connectivity index (χ2v) is 8.81. The Labute approximate surface area is 185 Å². The van der Waals surface area contributed by atoms with E-state index in [9.17, 15) is 14.4 Å². The van der Waals surface area contributed by atoms with Crippen molar-refractivity contribution in [1.29, 1.82) is 0 Å². The fraction of sp³-hybridized carbons (Fsp3) is 0.435. The number of rotatable bonds is 7. The van der Waals surface area contributed by atoms with Gasteiger partial charge in [-0.15, -0.1) is 11.3 Å². The fourth-order valence-electron chi connectivity index (χ4n) is 4.18. The van der Waals surface area contributed by atoms with Gasteiger partial charge in [0.1, 0.15) is 5.00 Å². The molecule has 0 atom stereocenters. The molecule has 1 aromatic heterocycles. The van der Waals surface area contributed by atoms with Gasteiger partial charge in [0.25, 0.3) is 0 Å². The zero-order chi connectivity index (χ0) is 21.8. The van der Waals surface area contributed by atoms with E-state index in [1.165, 1.54) is 11.3 Å². The number of anilines is 3. The first-order chi connectivity index (χ1) is 15.1. The van der Waals surface area contributed by atoms with Gasteiger partial charge in [-0.1, -0.05) is 12.1 Å². The summed E-state index contributed by atoms with van der Waals surface area (Å²) < 4.78 is 5.25. The SMILES string of the molecule is CCOC(=O)c1c(NC(=O)CNc2ccccc2N2CCCC2=O)sc2c1CCCC2. The number of aryl methyl sites for hydroxylation is 1. The Morgan fingerprint density at radius 3 is 2.71 bits per heavy atom. The number of hydrogen-bond acceptors (Lipinski definition) is 6. The molecule has 0 radical (unpaired) electrons. The van der Waals surface area contributed by atoms with E-state index in [0.717, 1.165) is 53.9 Å². The molecule has 0 bridgehead atoms. The minimum atomic E-state index is -0.372. The molecule has 164 valence electrons. The molecular weight excluding hydrogens is 414 g/mol. The number of thiophene rings is 1. The second-order valence-electron chi connectivity index (χ2n) is 7.70. The van der Waals surface area contributed by atoms with Crippen molar-refractivity contribution in [3.8, 4) is 0 Å². The number of benzene rings is 1. The van der Waals surface area contributed by atoms with Crippen LogP contribution in [-0.4, -0.2) is 37.5 Å². The van der Waals surface area contributed by atoms with Crippen molar-refractivity contribution in [2.45, 2.75) is 45.4 Å². The standard InChI is InChI=1S/C23H27N3O4S/c1-2-30-23(29)21-15-8-3-6-11-18(15)31-22(21)25-19(27)14-24-16-9-4-5-10-17(16)26-13-7-12-20(26)28/h4-5,9-10,24H,2-3,6-8,11-14H2,1H3,(H,25,27). The zero-order valence-corrected chi connectivity index (χ0v) is 18.5. The smallest absolute Gasteiger partial charge is 0.341 e. The molecule has 1 aliphatic heterocycles. The van der Waals surface area contributed by atoms with Crippen molar-refractivity contribution in [2.24, 2.45) is 0 Å². The largest absolute Gasteiger partial charge is 0.462 e. The van der Waals surface area contributed by atoms with Crippen LogP contribution in [0.15, 0.2) is 24.3 Å². The van der Waals surface area contributed by atoms with E-state index in [2.05, 4.69) is 10.6 Å². The summed E-state index contributed by atoms with van der Waals surface area (Å²) in [6.07, 6.45) is 5.29. The maximum absolute atomic E-state index is 12.7. The van der Waals surface area contributed by atoms with Gasteiger partial charge in [0.2, 0.25) is 11.8 Å². The number of hydrogen-bond donors (Lipinski definition) is 2. The Morgan fingerprint density at radius 1 is 1.13 bits per heavy atom. The van der Waals surface area contributed by atoms with E-state index in [0.29, 0.717) is 30.1 Å². The Hall–Kier alpha value is -2.87. The van der Waals surface area contributed by atoms with Gasteiger partial charge in [-0.05, 0) is 56.7 Å². The van der Waals surface area contributed by atoms with Crippen molar-refractivity contribution < 1.29 is 19.1 Å². The number of fused-ring (bicyclic) bond motifs is 1. The highest BCUT2D eigenvalue weighted by Gasteiger charge is 2.27. The van der Waals surface area contributed by atoms with Crippen molar-refractivity contribution >= 4 is 45.5 Å². The fourth-order valence-corrected chi connectivity index (χ4v) is 5.47. The molecule has 2 aromatic rings. The number of esters is 1. The molecule has 4 rings (SSSR count). The van der Waals surface area contributed by atoms with Crippen LogP contribution >= 0.6 is 11.3 Å². The van der Waals surface area contributed by atoms with Gasteiger partial charge in [-0.2, -0.15) is 0 Å². The molecule has 2 amide bonds. The van der Waals surface area contributed by atoms with Crippen molar-refractivity contribution in [3.05, 3.63) is 40.3 Å². The molecule has 8 heteroatoms. The van der Waals surface area contributed by atoms with E-state index in [1.807, 2.05) is 24.3 Å². The summed E-state index contributed by atoms with van der Waals surface area (Å²) in [7, 11) is 0. The highest BCUT2D eigenvalue weighted by molar-refractivity contribution is 7.17. The van der Waals surface area contributed by atoms with Gasteiger partial charge in [0.15, 0.2) is 0 Å². The Kier molecular flexibility index (Phi) is 6.56. The van der Waals surface area contributed by atoms with Crippen LogP contribution in [0.1, 0.15) is 53.4 Å². The summed E-state index contributed by atoms with van der Waals surface area (Å²) in [6, 6.07) is 7.50. The van der Waals surface area contributed by atoms with Gasteiger partial charge in [0, 0.05) is 17.8 Å². The summed E-state index contributed by atoms with van der Waals surface area (Å²) in [5.74, 6) is -0.517. The van der Waals surface area contributed by atoms with Crippen LogP contribution in [0.4, 0.5) is 16.4 Å². The molecule has 0 spiro atoms. The molecular formula is C23H27N3O4S. The number of carbonyl (C=O) groups is 3. The average molecular weight is 442 g/mol. The minimum Gasteiger partial charge on any atom is -0.462 e. The molecule has 7 nitrogen and oxygen atoms in total. The Bertz CT molecular complexity index is 1000. The number of nitrogens with one attached hydrogen (secondary N) is 2. The quantitative estimate of drug-likeness (QED) is 0.635. The predicted molar refractivity (Wildman–Crippen MR) is 122 cm³/mol. The van der Waals surface area contributed by atoms with E-state index in [-0.39, 0.29) is 24.3 Å². The number of nitrogens with zero attached hydrogens (tertiary/aromatic N) is 1. The molecule has 1 aliphatic carbocycles. The molecule has 1 saturated heterocycles. The van der Waals surface area contributed by atoms with Gasteiger partial charge in [-0.25, -0.2) is 4.79 Å². The first-order valence-corrected chi connectivity index (χ1v) is 11.6. The lowest BCUT2D eigenvalue weighted by molar-refractivity contribution is -0.117. The molecule has 2 N–H and O–H groups in total. The number of carbonyl (C=O) groups excluding carboxylic acids is 3. The van der Waals surface area contributed by atoms with Crippen LogP contribution in [-0.2, 0) is 27.2 Å². The van der Waals surface area contributed by atoms with Crippen LogP contribution < -0.4 is 15.5 Å². The molecule has 2 heterocycles. The molecule has 0 saturated carbocycles. The van der Waals surface area contributed by atoms with E-state index in [4.69, 9.17) is 4.74 Å². The zero-order valence-electron chi connectivity index (χ0n) is 17.7. The van der Waals surface area contributed by atoms with Gasteiger partial charge < -0.3 is 20.3 Å². The number of amides is 2. The molecule has 2 aliphatic rings. The van der Waals surface area contributed by atoms with Gasteiger partial charge in [0.05, 0.1) is 30.1 Å². The van der Waals surface area contributed by atoms with E-state index < -0.39 is 0 Å². The van der Waals surface area contributed by atoms with Crippen molar-refractivity contribution in [3.63, 3.8) is 0 Å². The van der Waals surface area contributed by atoms with Crippen LogP contribution in [0.3, 0.4) is 0 Å². The lowest BCUT2D eigenvalue weighted by atomic mass is 9.95. The second kappa shape index (κ2) is 9.51. The highest BCUT2D eigenvalue weighted by Crippen LogP contribution is 2.38. The minimum absolute atomic E-state index is 0.0316. The average Bonchev–Trinajstić information content (AvgIpc) is 3.35. The Morgan fingerprint density at radius 2 is 1.94 bits per heavy atom. The molecule has 1 aromatic carbocycles. The maximum Gasteiger partial charge on any atom is 0.341 e. The molecule has 1 fully saturated rings. The summed E-state index contributed by atoms with van der Waals surface area (Å²) in [4.78, 5) is 40.3. The summed E-state index contributed by atoms with van der Waals surface area (Å²) in [5, 5.41) is 6.63. The monoisotopic (exact) mass is 441 g/mol. The summed E-state index contributed by atoms with van der Waals surface area (Å²) in [5.41, 5.74) is 3.06. The first kappa shape index (κ1) is 21.4. The molecule has 0 unspecified atom stereocenters. The summed E-state index contributed by atoms with van der Waals surface area (Å²) in [6.45, 7) is 2.79. The van der Waals surface area contributed by atoms with Crippen molar-refractivity contribution in [1.82, 2.24) is 0 Å². The van der Waals surface area contributed by atoms with E-state index in [1.54, 1.807) is 11.8 Å². The van der Waals surface area contributed by atoms with Crippen LogP contribution in [0, 0.1) is 0 Å². The molecule has 31 heavy (non-hydrogen) atoms. The number of para-hydroxylation sites is 2. The predicted octanol–water partition coefficient (Wildman–Crippen LogP) is 3.98. The number of ether oxygens (including phenoxy) is 1. The van der Waals surface area contributed by atoms with E-state index >= 15 is 0 Å². The lowest BCUT2D eigenvalue weighted by Crippen LogP contribution is -2.27. The third-order valence-electron chi connectivity index (χ3n) is 5.61. The maximum atomic E-state index is 12.7. The van der Waals surface area contributed by atoms with Crippen LogP contribution in [0.5, 0.6) is 0 Å². The third kappa shape index (κ3) is 4.58. The summed E-state index contributed by atoms with van der Waals surface area (Å²) >= 11 is 1.48. The van der Waals surface area contributed by atoms with Crippen LogP contribution in [0.2, 0.25) is 0 Å². The normalized spacial score (nSPS) is 15.5. The topological polar surface area (TPSA) is 87.7 Å². The van der Waals surface area contributed by atoms with Crippen molar-refractivity contribution in [2.75, 3.05) is 35.2 Å². The first-order valence-electron chi connectivity index (χ1n) is 10.8. The third-order valence-corrected chi connectivity index (χ3v) is 6.82. The Balaban J connectivity index is 1.47. The van der Waals surface area contributed by atoms with Gasteiger partial charge in [-0.3, -0.25) is 9.59 Å². The highest BCUT2D eigenvalue weighted by atomic mass is 32.1. The lowest BCUT2D eigenvalue weighted by Gasteiger charge is -2.20. The van der Waals surface area contributed by atoms with Gasteiger partial charge >= 0.3 is 5.97 Å². The van der Waals surface area contributed by atoms with Crippen LogP contribution in [0.25, 0.3) is 0 Å².